The van der Waals surface area contributed by atoms with Crippen LogP contribution < -0.4 is 0 Å². The van der Waals surface area contributed by atoms with Gasteiger partial charge in [-0.1, -0.05) is 49.7 Å². The number of allylic oxidation sites excluding steroid dienone is 1. The van der Waals surface area contributed by atoms with Gasteiger partial charge in [0.05, 0.1) is 11.4 Å². The van der Waals surface area contributed by atoms with Crippen molar-refractivity contribution in [2.45, 2.75) is 26.7 Å². The van der Waals surface area contributed by atoms with Crippen molar-refractivity contribution in [1.29, 1.82) is 0 Å². The fourth-order valence-electron chi connectivity index (χ4n) is 2.45. The van der Waals surface area contributed by atoms with E-state index in [1.807, 2.05) is 24.3 Å². The molecule has 0 atom stereocenters. The lowest BCUT2D eigenvalue weighted by Gasteiger charge is -2.09. The molecule has 3 heteroatoms. The van der Waals surface area contributed by atoms with Crippen molar-refractivity contribution in [1.82, 2.24) is 0 Å². The van der Waals surface area contributed by atoms with Crippen LogP contribution in [-0.4, -0.2) is 11.1 Å². The van der Waals surface area contributed by atoms with Crippen molar-refractivity contribution in [3.63, 3.8) is 0 Å². The van der Waals surface area contributed by atoms with Crippen LogP contribution >= 0.6 is 0 Å². The highest BCUT2D eigenvalue weighted by Crippen LogP contribution is 2.26. The minimum absolute atomic E-state index is 0.260. The van der Waals surface area contributed by atoms with E-state index in [0.717, 1.165) is 29.5 Å². The molecule has 0 unspecified atom stereocenters. The number of aromatic carboxylic acids is 1. The van der Waals surface area contributed by atoms with Gasteiger partial charge in [-0.2, -0.15) is 0 Å². The Morgan fingerprint density at radius 1 is 1.18 bits per heavy atom. The lowest BCUT2D eigenvalue weighted by atomic mass is 9.95. The highest BCUT2D eigenvalue weighted by Gasteiger charge is 2.12. The smallest absolute Gasteiger partial charge is 0.336 e. The Bertz CT molecular complexity index is 696. The molecule has 0 aliphatic rings. The van der Waals surface area contributed by atoms with Crippen molar-refractivity contribution in [3.05, 3.63) is 65.0 Å². The second-order valence-electron chi connectivity index (χ2n) is 5.29. The molecule has 114 valence electrons. The van der Waals surface area contributed by atoms with Gasteiger partial charge in [-0.3, -0.25) is 0 Å². The number of carboxylic acids is 1. The summed E-state index contributed by atoms with van der Waals surface area (Å²) in [6.07, 6.45) is 3.36. The Hall–Kier alpha value is -2.42. The normalized spacial score (nSPS) is 11.5. The maximum atomic E-state index is 12.9. The molecule has 0 amide bonds. The molecule has 0 saturated carbocycles. The van der Waals surface area contributed by atoms with Gasteiger partial charge in [0.15, 0.2) is 0 Å². The monoisotopic (exact) mass is 298 g/mol. The lowest BCUT2D eigenvalue weighted by Crippen LogP contribution is -2.00. The molecule has 0 radical (unpaired) electrons. The fraction of sp³-hybridized carbons (Fsp3) is 0.211. The molecule has 1 N–H and O–H groups in total. The number of hydrogen-bond donors (Lipinski definition) is 1. The molecule has 0 fully saturated rings. The van der Waals surface area contributed by atoms with Gasteiger partial charge >= 0.3 is 5.97 Å². The molecule has 2 nitrogen and oxygen atoms in total. The van der Waals surface area contributed by atoms with E-state index in [1.54, 1.807) is 18.2 Å². The van der Waals surface area contributed by atoms with Crippen LogP contribution in [0.2, 0.25) is 0 Å². The van der Waals surface area contributed by atoms with E-state index in [1.165, 1.54) is 13.0 Å². The second-order valence-corrected chi connectivity index (χ2v) is 5.29. The summed E-state index contributed by atoms with van der Waals surface area (Å²) in [6.45, 7) is 3.48. The first-order valence-electron chi connectivity index (χ1n) is 7.31. The molecule has 0 saturated heterocycles. The summed E-state index contributed by atoms with van der Waals surface area (Å²) in [7, 11) is 0. The van der Waals surface area contributed by atoms with Crippen LogP contribution in [0.4, 0.5) is 4.39 Å². The molecule has 0 aromatic heterocycles. The zero-order chi connectivity index (χ0) is 16.1. The van der Waals surface area contributed by atoms with E-state index in [9.17, 15) is 14.3 Å². The van der Waals surface area contributed by atoms with Gasteiger partial charge in [0.1, 0.15) is 0 Å². The third kappa shape index (κ3) is 3.82. The van der Waals surface area contributed by atoms with Crippen LogP contribution in [0.5, 0.6) is 0 Å². The maximum Gasteiger partial charge on any atom is 0.336 e. The second kappa shape index (κ2) is 7.03. The highest BCUT2D eigenvalue weighted by atomic mass is 19.1. The van der Waals surface area contributed by atoms with Crippen LogP contribution in [-0.2, 0) is 6.42 Å². The van der Waals surface area contributed by atoms with Crippen LogP contribution in [0.25, 0.3) is 17.2 Å². The number of halogens is 1. The predicted molar refractivity (Wildman–Crippen MR) is 87.6 cm³/mol. The first-order valence-corrected chi connectivity index (χ1v) is 7.31. The van der Waals surface area contributed by atoms with Gasteiger partial charge in [0.25, 0.3) is 0 Å². The third-order valence-corrected chi connectivity index (χ3v) is 3.44. The number of carbonyl (C=O) groups is 1. The Kier molecular flexibility index (Phi) is 5.10. The highest BCUT2D eigenvalue weighted by molar-refractivity contribution is 5.96. The number of hydrogen-bond acceptors (Lipinski definition) is 1. The van der Waals surface area contributed by atoms with E-state index < -0.39 is 5.97 Å². The number of carboxylic acid groups (broad SMARTS) is 1. The molecule has 2 aromatic rings. The van der Waals surface area contributed by atoms with Gasteiger partial charge in [-0.15, -0.1) is 0 Å². The molecular weight excluding hydrogens is 279 g/mol. The minimum Gasteiger partial charge on any atom is -0.478 e. The van der Waals surface area contributed by atoms with Gasteiger partial charge in [-0.25, -0.2) is 9.18 Å². The summed E-state index contributed by atoms with van der Waals surface area (Å²) in [5.41, 5.74) is 3.68. The van der Waals surface area contributed by atoms with Gasteiger partial charge in [-0.05, 0) is 47.7 Å². The van der Waals surface area contributed by atoms with E-state index >= 15 is 0 Å². The molecule has 0 heterocycles. The SMILES string of the molecule is CCCc1ccc(C(=O)O)c(-c2ccc(/C=C(\C)F)cc2)c1. The van der Waals surface area contributed by atoms with Crippen molar-refractivity contribution in [3.8, 4) is 11.1 Å². The number of aryl methyl sites for hydroxylation is 1. The summed E-state index contributed by atoms with van der Waals surface area (Å²) >= 11 is 0. The van der Waals surface area contributed by atoms with Gasteiger partial charge in [0.2, 0.25) is 0 Å². The Balaban J connectivity index is 2.47. The summed E-state index contributed by atoms with van der Waals surface area (Å²) in [4.78, 5) is 11.4. The molecular formula is C19H19FO2. The molecule has 0 aliphatic heterocycles. The van der Waals surface area contributed by atoms with Crippen LogP contribution in [0.3, 0.4) is 0 Å². The van der Waals surface area contributed by atoms with Crippen molar-refractivity contribution >= 4 is 12.0 Å². The Labute approximate surface area is 129 Å². The summed E-state index contributed by atoms with van der Waals surface area (Å²) in [5, 5.41) is 9.36. The van der Waals surface area contributed by atoms with Crippen LogP contribution in [0.15, 0.2) is 48.3 Å². The first-order chi connectivity index (χ1) is 10.5. The third-order valence-electron chi connectivity index (χ3n) is 3.44. The van der Waals surface area contributed by atoms with Crippen LogP contribution in [0, 0.1) is 0 Å². The number of rotatable bonds is 5. The van der Waals surface area contributed by atoms with Crippen molar-refractivity contribution < 1.29 is 14.3 Å². The summed E-state index contributed by atoms with van der Waals surface area (Å²) in [6, 6.07) is 12.7. The average molecular weight is 298 g/mol. The zero-order valence-electron chi connectivity index (χ0n) is 12.8. The largest absolute Gasteiger partial charge is 0.478 e. The molecule has 0 spiro atoms. The molecule has 2 aromatic carbocycles. The van der Waals surface area contributed by atoms with Gasteiger partial charge in [0, 0.05) is 0 Å². The zero-order valence-corrected chi connectivity index (χ0v) is 12.8. The van der Waals surface area contributed by atoms with E-state index in [0.29, 0.717) is 5.56 Å². The quantitative estimate of drug-likeness (QED) is 0.809. The van der Waals surface area contributed by atoms with Crippen molar-refractivity contribution in [2.24, 2.45) is 0 Å². The summed E-state index contributed by atoms with van der Waals surface area (Å²) < 4.78 is 12.9. The van der Waals surface area contributed by atoms with Crippen molar-refractivity contribution in [2.75, 3.05) is 0 Å². The standard InChI is InChI=1S/C19H19FO2/c1-3-4-14-7-10-17(19(21)22)18(12-14)16-8-5-15(6-9-16)11-13(2)20/h5-12H,3-4H2,1-2H3,(H,21,22)/b13-11+. The van der Waals surface area contributed by atoms with E-state index in [4.69, 9.17) is 0 Å². The predicted octanol–water partition coefficient (Wildman–Crippen LogP) is 5.33. The maximum absolute atomic E-state index is 12.9. The molecule has 22 heavy (non-hydrogen) atoms. The van der Waals surface area contributed by atoms with Gasteiger partial charge < -0.3 is 5.11 Å². The fourth-order valence-corrected chi connectivity index (χ4v) is 2.45. The lowest BCUT2D eigenvalue weighted by molar-refractivity contribution is 0.0697. The molecule has 2 rings (SSSR count). The summed E-state index contributed by atoms with van der Waals surface area (Å²) in [5.74, 6) is -1.20. The topological polar surface area (TPSA) is 37.3 Å². The Morgan fingerprint density at radius 2 is 1.86 bits per heavy atom. The first kappa shape index (κ1) is 16.0. The van der Waals surface area contributed by atoms with E-state index in [2.05, 4.69) is 6.92 Å². The minimum atomic E-state index is -0.943. The number of benzene rings is 2. The molecule has 0 aliphatic carbocycles. The van der Waals surface area contributed by atoms with Crippen LogP contribution in [0.1, 0.15) is 41.8 Å². The molecule has 0 bridgehead atoms. The Morgan fingerprint density at radius 3 is 2.41 bits per heavy atom. The van der Waals surface area contributed by atoms with E-state index in [-0.39, 0.29) is 11.4 Å². The average Bonchev–Trinajstić information content (AvgIpc) is 2.47.